The average molecular weight is 537 g/mol. The predicted molar refractivity (Wildman–Crippen MR) is 139 cm³/mol. The molecule has 2 N–H and O–H groups in total. The van der Waals surface area contributed by atoms with Gasteiger partial charge in [0, 0.05) is 17.5 Å². The van der Waals surface area contributed by atoms with Crippen LogP contribution in [0.1, 0.15) is 59.8 Å². The van der Waals surface area contributed by atoms with Crippen LogP contribution < -0.4 is 10.6 Å². The summed E-state index contributed by atoms with van der Waals surface area (Å²) < 4.78 is 12.0. The highest BCUT2D eigenvalue weighted by Gasteiger charge is 1.97. The molecule has 0 aliphatic heterocycles. The fraction of sp³-hybridized carbons (Fsp3) is 0.696. The molecule has 0 aliphatic rings. The summed E-state index contributed by atoms with van der Waals surface area (Å²) in [6, 6.07) is 0. The van der Waals surface area contributed by atoms with E-state index in [9.17, 15) is 0 Å². The Morgan fingerprint density at radius 2 is 1.59 bits per heavy atom. The zero-order valence-corrected chi connectivity index (χ0v) is 21.8. The van der Waals surface area contributed by atoms with Crippen LogP contribution in [0.2, 0.25) is 0 Å². The van der Waals surface area contributed by atoms with Gasteiger partial charge < -0.3 is 20.1 Å². The molecule has 0 aromatic heterocycles. The van der Waals surface area contributed by atoms with Gasteiger partial charge in [0.2, 0.25) is 0 Å². The average Bonchev–Trinajstić information content (AvgIpc) is 2.66. The summed E-state index contributed by atoms with van der Waals surface area (Å²) in [5.74, 6) is 0. The molecule has 0 heterocycles. The first kappa shape index (κ1) is 28.6. The first-order valence-electron chi connectivity index (χ1n) is 10.7. The Bertz CT molecular complexity index is 515. The van der Waals surface area contributed by atoms with Gasteiger partial charge in [0.05, 0.1) is 13.2 Å². The Morgan fingerprint density at radius 1 is 0.897 bits per heavy atom. The lowest BCUT2D eigenvalue weighted by Crippen LogP contribution is -2.28. The second kappa shape index (κ2) is 20.8. The van der Waals surface area contributed by atoms with Gasteiger partial charge in [-0.2, -0.15) is 0 Å². The van der Waals surface area contributed by atoms with Gasteiger partial charge in [-0.1, -0.05) is 51.5 Å². The summed E-state index contributed by atoms with van der Waals surface area (Å²) in [4.78, 5) is 0. The summed E-state index contributed by atoms with van der Waals surface area (Å²) in [6.07, 6.45) is 12.2. The van der Waals surface area contributed by atoms with Crippen LogP contribution >= 0.6 is 34.8 Å². The van der Waals surface area contributed by atoms with Crippen LogP contribution in [0, 0.1) is 0 Å². The van der Waals surface area contributed by atoms with Crippen molar-refractivity contribution in [3.05, 3.63) is 34.9 Å². The van der Waals surface area contributed by atoms with E-state index in [1.165, 1.54) is 16.7 Å². The zero-order valence-electron chi connectivity index (χ0n) is 18.8. The van der Waals surface area contributed by atoms with Crippen LogP contribution in [-0.4, -0.2) is 49.1 Å². The topological polar surface area (TPSA) is 42.5 Å². The van der Waals surface area contributed by atoms with Gasteiger partial charge in [0.25, 0.3) is 5.17 Å². The van der Waals surface area contributed by atoms with E-state index in [4.69, 9.17) is 21.7 Å². The molecule has 0 aromatic rings. The molecule has 0 bridgehead atoms. The van der Waals surface area contributed by atoms with Crippen LogP contribution in [0.15, 0.2) is 34.9 Å². The summed E-state index contributed by atoms with van der Waals surface area (Å²) in [5, 5.41) is 6.98. The smallest absolute Gasteiger partial charge is 0.256 e. The molecule has 0 spiro atoms. The van der Waals surface area contributed by atoms with E-state index < -0.39 is 0 Å². The SMILES string of the molecule is CC(C)=CCC/C(C)=C/CC/C(C)=C/COC(=S)NCCCNCCOCCI. The summed E-state index contributed by atoms with van der Waals surface area (Å²) in [5.41, 5.74) is 4.21. The second-order valence-electron chi connectivity index (χ2n) is 7.39. The first-order chi connectivity index (χ1) is 14.0. The number of alkyl halides is 1. The normalized spacial score (nSPS) is 12.0. The van der Waals surface area contributed by atoms with E-state index in [1.54, 1.807) is 0 Å². The molecule has 0 rings (SSSR count). The Balaban J connectivity index is 3.67. The van der Waals surface area contributed by atoms with Crippen molar-refractivity contribution in [3.63, 3.8) is 0 Å². The van der Waals surface area contributed by atoms with Crippen molar-refractivity contribution in [1.82, 2.24) is 10.6 Å². The first-order valence-corrected chi connectivity index (χ1v) is 12.6. The van der Waals surface area contributed by atoms with Crippen molar-refractivity contribution in [2.75, 3.05) is 43.9 Å². The van der Waals surface area contributed by atoms with Crippen LogP contribution in [-0.2, 0) is 9.47 Å². The van der Waals surface area contributed by atoms with E-state index >= 15 is 0 Å². The Labute approximate surface area is 198 Å². The third kappa shape index (κ3) is 22.1. The quantitative estimate of drug-likeness (QED) is 0.0818. The molecule has 0 aliphatic carbocycles. The number of hydrogen-bond donors (Lipinski definition) is 2. The van der Waals surface area contributed by atoms with Crippen LogP contribution in [0.4, 0.5) is 0 Å². The van der Waals surface area contributed by atoms with E-state index in [0.717, 1.165) is 69.4 Å². The maximum Gasteiger partial charge on any atom is 0.256 e. The summed E-state index contributed by atoms with van der Waals surface area (Å²) in [7, 11) is 0. The number of allylic oxidation sites excluding steroid dienone is 5. The number of halogens is 1. The number of nitrogens with one attached hydrogen (secondary N) is 2. The molecule has 168 valence electrons. The van der Waals surface area contributed by atoms with Gasteiger partial charge >= 0.3 is 0 Å². The second-order valence-corrected chi connectivity index (χ2v) is 8.84. The van der Waals surface area contributed by atoms with Gasteiger partial charge in [0.15, 0.2) is 0 Å². The van der Waals surface area contributed by atoms with Crippen molar-refractivity contribution in [2.24, 2.45) is 0 Å². The van der Waals surface area contributed by atoms with Gasteiger partial charge in [0.1, 0.15) is 6.61 Å². The standard InChI is InChI=1S/C23H41IN2O2S/c1-20(2)8-5-9-21(3)10-6-11-22(4)12-17-28-23(29)26-15-7-14-25-16-19-27-18-13-24/h8,10,12,25H,5-7,9,11,13-19H2,1-4H3,(H,26,29)/b21-10+,22-12+. The molecule has 29 heavy (non-hydrogen) atoms. The lowest BCUT2D eigenvalue weighted by atomic mass is 10.1. The maximum atomic E-state index is 5.57. The third-order valence-electron chi connectivity index (χ3n) is 4.21. The minimum absolute atomic E-state index is 0.481. The van der Waals surface area contributed by atoms with Gasteiger partial charge in [-0.05, 0) is 84.6 Å². The number of thiocarbonyl (C=S) groups is 1. The fourth-order valence-corrected chi connectivity index (χ4v) is 2.96. The Hall–Kier alpha value is -0.440. The Morgan fingerprint density at radius 3 is 2.28 bits per heavy atom. The fourth-order valence-electron chi connectivity index (χ4n) is 2.48. The Kier molecular flexibility index (Phi) is 20.5. The van der Waals surface area contributed by atoms with Crippen LogP contribution in [0.25, 0.3) is 0 Å². The van der Waals surface area contributed by atoms with Crippen molar-refractivity contribution < 1.29 is 9.47 Å². The lowest BCUT2D eigenvalue weighted by molar-refractivity contribution is 0.153. The molecule has 6 heteroatoms. The largest absolute Gasteiger partial charge is 0.467 e. The summed E-state index contributed by atoms with van der Waals surface area (Å²) in [6.45, 7) is 13.5. The van der Waals surface area contributed by atoms with Crippen molar-refractivity contribution >= 4 is 40.0 Å². The van der Waals surface area contributed by atoms with E-state index in [0.29, 0.717) is 11.8 Å². The minimum Gasteiger partial charge on any atom is -0.467 e. The molecule has 0 radical (unpaired) electrons. The van der Waals surface area contributed by atoms with Gasteiger partial charge in [-0.25, -0.2) is 0 Å². The van der Waals surface area contributed by atoms with Crippen molar-refractivity contribution in [3.8, 4) is 0 Å². The molecule has 0 saturated carbocycles. The zero-order chi connectivity index (χ0) is 21.7. The molecule has 0 unspecified atom stereocenters. The monoisotopic (exact) mass is 536 g/mol. The molecule has 0 amide bonds. The van der Waals surface area contributed by atoms with Crippen molar-refractivity contribution in [1.29, 1.82) is 0 Å². The maximum absolute atomic E-state index is 5.57. The molecule has 0 saturated heterocycles. The van der Waals surface area contributed by atoms with E-state index in [-0.39, 0.29) is 0 Å². The molecule has 0 atom stereocenters. The van der Waals surface area contributed by atoms with E-state index in [1.807, 2.05) is 0 Å². The highest BCUT2D eigenvalue weighted by molar-refractivity contribution is 14.1. The summed E-state index contributed by atoms with van der Waals surface area (Å²) >= 11 is 7.53. The van der Waals surface area contributed by atoms with Crippen molar-refractivity contribution in [2.45, 2.75) is 59.8 Å². The lowest BCUT2D eigenvalue weighted by Gasteiger charge is -2.09. The molecule has 0 fully saturated rings. The molecule has 4 nitrogen and oxygen atoms in total. The van der Waals surface area contributed by atoms with Gasteiger partial charge in [-0.15, -0.1) is 0 Å². The third-order valence-corrected chi connectivity index (χ3v) is 4.92. The number of hydrogen-bond acceptors (Lipinski definition) is 4. The molecular formula is C23H41IN2O2S. The van der Waals surface area contributed by atoms with E-state index in [2.05, 4.69) is 79.1 Å². The molecular weight excluding hydrogens is 495 g/mol. The number of rotatable bonds is 17. The highest BCUT2D eigenvalue weighted by Crippen LogP contribution is 2.11. The number of ether oxygens (including phenoxy) is 2. The highest BCUT2D eigenvalue weighted by atomic mass is 127. The predicted octanol–water partition coefficient (Wildman–Crippen LogP) is 5.73. The van der Waals surface area contributed by atoms with Crippen LogP contribution in [0.3, 0.4) is 0 Å². The van der Waals surface area contributed by atoms with Gasteiger partial charge in [-0.3, -0.25) is 0 Å². The van der Waals surface area contributed by atoms with Crippen LogP contribution in [0.5, 0.6) is 0 Å². The molecule has 0 aromatic carbocycles. The minimum atomic E-state index is 0.481.